The summed E-state index contributed by atoms with van der Waals surface area (Å²) in [6.45, 7) is 4.82. The molecule has 1 aromatic carbocycles. The summed E-state index contributed by atoms with van der Waals surface area (Å²) >= 11 is 0. The number of sulfone groups is 1. The van der Waals surface area contributed by atoms with E-state index in [1.807, 2.05) is 12.1 Å². The molecular weight excluding hydrogens is 286 g/mol. The van der Waals surface area contributed by atoms with Gasteiger partial charge in [-0.25, -0.2) is 8.42 Å². The Balaban J connectivity index is 1.89. The van der Waals surface area contributed by atoms with Crippen molar-refractivity contribution < 1.29 is 8.42 Å². The van der Waals surface area contributed by atoms with Crippen molar-refractivity contribution in [3.63, 3.8) is 0 Å². The molecule has 1 aliphatic rings. The highest BCUT2D eigenvalue weighted by atomic mass is 32.2. The number of piperazine rings is 1. The summed E-state index contributed by atoms with van der Waals surface area (Å²) < 4.78 is 22.9. The van der Waals surface area contributed by atoms with Crippen molar-refractivity contribution in [2.75, 3.05) is 43.9 Å². The predicted molar refractivity (Wildman–Crippen MR) is 83.1 cm³/mol. The van der Waals surface area contributed by atoms with Crippen LogP contribution in [0.1, 0.15) is 12.8 Å². The Bertz CT molecular complexity index is 597. The van der Waals surface area contributed by atoms with Gasteiger partial charge in [0.05, 0.1) is 11.0 Å². The van der Waals surface area contributed by atoms with Gasteiger partial charge >= 0.3 is 0 Å². The molecule has 0 amide bonds. The first-order valence-electron chi connectivity index (χ1n) is 7.15. The Morgan fingerprint density at radius 2 is 1.76 bits per heavy atom. The zero-order valence-corrected chi connectivity index (χ0v) is 13.1. The molecule has 0 aromatic heterocycles. The Labute approximate surface area is 126 Å². The van der Waals surface area contributed by atoms with Gasteiger partial charge in [0.1, 0.15) is 0 Å². The van der Waals surface area contributed by atoms with Gasteiger partial charge in [-0.05, 0) is 37.2 Å². The van der Waals surface area contributed by atoms with Gasteiger partial charge in [-0.15, -0.1) is 0 Å². The van der Waals surface area contributed by atoms with Crippen LogP contribution in [0.25, 0.3) is 0 Å². The molecule has 1 fully saturated rings. The van der Waals surface area contributed by atoms with Gasteiger partial charge in [0, 0.05) is 44.5 Å². The minimum Gasteiger partial charge on any atom is -0.369 e. The summed E-state index contributed by atoms with van der Waals surface area (Å²) in [6.07, 6.45) is 2.77. The van der Waals surface area contributed by atoms with E-state index in [4.69, 9.17) is 5.26 Å². The van der Waals surface area contributed by atoms with Crippen molar-refractivity contribution in [2.45, 2.75) is 17.7 Å². The summed E-state index contributed by atoms with van der Waals surface area (Å²) in [7, 11) is -3.13. The quantitative estimate of drug-likeness (QED) is 0.772. The zero-order chi connectivity index (χ0) is 15.3. The molecule has 114 valence electrons. The van der Waals surface area contributed by atoms with Crippen LogP contribution in [0.4, 0.5) is 5.69 Å². The van der Waals surface area contributed by atoms with Gasteiger partial charge in [0.15, 0.2) is 9.84 Å². The monoisotopic (exact) mass is 307 g/mol. The minimum atomic E-state index is -3.13. The second-order valence-electron chi connectivity index (χ2n) is 5.36. The first kappa shape index (κ1) is 15.8. The second-order valence-corrected chi connectivity index (χ2v) is 7.37. The van der Waals surface area contributed by atoms with E-state index < -0.39 is 9.84 Å². The van der Waals surface area contributed by atoms with E-state index >= 15 is 0 Å². The molecule has 0 spiro atoms. The van der Waals surface area contributed by atoms with Crippen LogP contribution < -0.4 is 4.90 Å². The van der Waals surface area contributed by atoms with Crippen molar-refractivity contribution >= 4 is 15.5 Å². The molecule has 0 radical (unpaired) electrons. The normalized spacial score (nSPS) is 16.7. The molecule has 1 heterocycles. The fraction of sp³-hybridized carbons (Fsp3) is 0.533. The molecule has 1 saturated heterocycles. The molecule has 0 atom stereocenters. The number of rotatable bonds is 5. The molecule has 1 aromatic rings. The lowest BCUT2D eigenvalue weighted by molar-refractivity contribution is 0.256. The Morgan fingerprint density at radius 3 is 2.29 bits per heavy atom. The molecule has 21 heavy (non-hydrogen) atoms. The number of nitrogens with zero attached hydrogens (tertiary/aromatic N) is 3. The maximum atomic E-state index is 11.4. The van der Waals surface area contributed by atoms with Crippen LogP contribution in [0, 0.1) is 11.3 Å². The van der Waals surface area contributed by atoms with Gasteiger partial charge in [-0.1, -0.05) is 0 Å². The number of anilines is 1. The third-order valence-corrected chi connectivity index (χ3v) is 4.89. The zero-order valence-electron chi connectivity index (χ0n) is 12.3. The van der Waals surface area contributed by atoms with E-state index in [1.54, 1.807) is 12.1 Å². The molecule has 0 bridgehead atoms. The number of hydrogen-bond donors (Lipinski definition) is 0. The maximum absolute atomic E-state index is 11.4. The summed E-state index contributed by atoms with van der Waals surface area (Å²) in [6, 6.07) is 9.27. The fourth-order valence-electron chi connectivity index (χ4n) is 2.52. The van der Waals surface area contributed by atoms with Gasteiger partial charge < -0.3 is 4.90 Å². The van der Waals surface area contributed by atoms with Crippen LogP contribution >= 0.6 is 0 Å². The van der Waals surface area contributed by atoms with Crippen molar-refractivity contribution in [1.82, 2.24) is 4.90 Å². The van der Waals surface area contributed by atoms with Crippen molar-refractivity contribution in [1.29, 1.82) is 5.26 Å². The van der Waals surface area contributed by atoms with Crippen molar-refractivity contribution in [2.24, 2.45) is 0 Å². The minimum absolute atomic E-state index is 0.362. The average molecular weight is 307 g/mol. The molecule has 0 saturated carbocycles. The molecule has 2 rings (SSSR count). The first-order valence-corrected chi connectivity index (χ1v) is 9.04. The van der Waals surface area contributed by atoms with E-state index in [0.29, 0.717) is 11.3 Å². The number of unbranched alkanes of at least 4 members (excludes halogenated alkanes) is 1. The lowest BCUT2D eigenvalue weighted by Gasteiger charge is -2.36. The summed E-state index contributed by atoms with van der Waals surface area (Å²) in [4.78, 5) is 5.01. The van der Waals surface area contributed by atoms with E-state index in [-0.39, 0.29) is 0 Å². The van der Waals surface area contributed by atoms with E-state index in [9.17, 15) is 8.42 Å². The van der Waals surface area contributed by atoms with Gasteiger partial charge in [0.2, 0.25) is 0 Å². The van der Waals surface area contributed by atoms with E-state index in [2.05, 4.69) is 15.9 Å². The lowest BCUT2D eigenvalue weighted by atomic mass is 10.2. The van der Waals surface area contributed by atoms with Crippen LogP contribution in [-0.2, 0) is 9.84 Å². The SMILES string of the molecule is CS(=O)(=O)c1ccc(N2CCN(CCCC#N)CC2)cc1. The van der Waals surface area contributed by atoms with Gasteiger partial charge in [0.25, 0.3) is 0 Å². The standard InChI is InChI=1S/C15H21N3O2S/c1-21(19,20)15-6-4-14(5-7-15)18-12-10-17(11-13-18)9-3-2-8-16/h4-7H,2-3,9-13H2,1H3. The second kappa shape index (κ2) is 6.92. The maximum Gasteiger partial charge on any atom is 0.175 e. The topological polar surface area (TPSA) is 64.4 Å². The third kappa shape index (κ3) is 4.45. The van der Waals surface area contributed by atoms with Crippen LogP contribution in [0.3, 0.4) is 0 Å². The lowest BCUT2D eigenvalue weighted by Crippen LogP contribution is -2.46. The van der Waals surface area contributed by atoms with Crippen molar-refractivity contribution in [3.8, 4) is 6.07 Å². The first-order chi connectivity index (χ1) is 10.0. The molecule has 0 N–H and O–H groups in total. The number of hydrogen-bond acceptors (Lipinski definition) is 5. The highest BCUT2D eigenvalue weighted by Crippen LogP contribution is 2.19. The molecule has 6 heteroatoms. The largest absolute Gasteiger partial charge is 0.369 e. The predicted octanol–water partition coefficient (Wildman–Crippen LogP) is 1.52. The van der Waals surface area contributed by atoms with Crippen molar-refractivity contribution in [3.05, 3.63) is 24.3 Å². The molecule has 5 nitrogen and oxygen atoms in total. The van der Waals surface area contributed by atoms with Gasteiger partial charge in [-0.3, -0.25) is 4.90 Å². The van der Waals surface area contributed by atoms with Crippen LogP contribution in [0.2, 0.25) is 0 Å². The number of nitriles is 1. The van der Waals surface area contributed by atoms with Gasteiger partial charge in [-0.2, -0.15) is 5.26 Å². The van der Waals surface area contributed by atoms with Crippen LogP contribution in [0.15, 0.2) is 29.2 Å². The Hall–Kier alpha value is -1.58. The molecule has 0 unspecified atom stereocenters. The molecule has 1 aliphatic heterocycles. The molecule has 0 aliphatic carbocycles. The Kier molecular flexibility index (Phi) is 5.21. The Morgan fingerprint density at radius 1 is 1.14 bits per heavy atom. The fourth-order valence-corrected chi connectivity index (χ4v) is 3.15. The summed E-state index contributed by atoms with van der Waals surface area (Å²) in [5, 5.41) is 8.55. The van der Waals surface area contributed by atoms with Crippen LogP contribution in [-0.4, -0.2) is 52.3 Å². The third-order valence-electron chi connectivity index (χ3n) is 3.77. The summed E-state index contributed by atoms with van der Waals surface area (Å²) in [5.74, 6) is 0. The highest BCUT2D eigenvalue weighted by molar-refractivity contribution is 7.90. The molecular formula is C15H21N3O2S. The van der Waals surface area contributed by atoms with E-state index in [1.165, 1.54) is 6.26 Å². The highest BCUT2D eigenvalue weighted by Gasteiger charge is 2.17. The van der Waals surface area contributed by atoms with E-state index in [0.717, 1.165) is 44.8 Å². The summed E-state index contributed by atoms with van der Waals surface area (Å²) in [5.41, 5.74) is 1.07. The average Bonchev–Trinajstić information content (AvgIpc) is 2.48. The number of benzene rings is 1. The smallest absolute Gasteiger partial charge is 0.175 e. The van der Waals surface area contributed by atoms with Crippen LogP contribution in [0.5, 0.6) is 0 Å².